The highest BCUT2D eigenvalue weighted by atomic mass is 127. The number of hydrogen-bond donors (Lipinski definition) is 0. The molecule has 0 bridgehead atoms. The molecule has 0 aliphatic carbocycles. The lowest BCUT2D eigenvalue weighted by Gasteiger charge is -1.95. The van der Waals surface area contributed by atoms with Crippen molar-refractivity contribution in [2.24, 2.45) is 4.99 Å². The van der Waals surface area contributed by atoms with Gasteiger partial charge in [-0.1, -0.05) is 30.3 Å². The van der Waals surface area contributed by atoms with Crippen LogP contribution in [0.15, 0.2) is 35.3 Å². The van der Waals surface area contributed by atoms with E-state index in [1.54, 1.807) is 0 Å². The fourth-order valence-electron chi connectivity index (χ4n) is 0.772. The molecule has 0 fully saturated rings. The molecule has 12 heavy (non-hydrogen) atoms. The van der Waals surface area contributed by atoms with Crippen LogP contribution in [0, 0.1) is 11.3 Å². The lowest BCUT2D eigenvalue weighted by atomic mass is 10.2. The summed E-state index contributed by atoms with van der Waals surface area (Å²) in [5.41, 5.74) is 1.06. The van der Waals surface area contributed by atoms with Gasteiger partial charge in [0.1, 0.15) is 10.3 Å². The zero-order chi connectivity index (χ0) is 8.81. The number of aliphatic imine (C=N–C) groups is 1. The standard InChI is InChI=1S/C9H7IN2/c10-9(12-7-6-11)8-4-2-1-3-5-8/h1-5H,7H2. The average Bonchev–Trinajstić information content (AvgIpc) is 2.15. The Morgan fingerprint density at radius 3 is 2.67 bits per heavy atom. The van der Waals surface area contributed by atoms with Crippen LogP contribution in [0.4, 0.5) is 0 Å². The molecule has 0 heterocycles. The van der Waals surface area contributed by atoms with Crippen molar-refractivity contribution < 1.29 is 0 Å². The molecule has 0 aliphatic rings. The highest BCUT2D eigenvalue weighted by Crippen LogP contribution is 2.06. The molecular formula is C9H7IN2. The lowest BCUT2D eigenvalue weighted by molar-refractivity contribution is 1.25. The maximum Gasteiger partial charge on any atom is 0.127 e. The third kappa shape index (κ3) is 2.62. The van der Waals surface area contributed by atoms with Crippen molar-refractivity contribution in [1.29, 1.82) is 5.26 Å². The second-order valence-electron chi connectivity index (χ2n) is 2.13. The van der Waals surface area contributed by atoms with E-state index in [0.29, 0.717) is 0 Å². The van der Waals surface area contributed by atoms with Gasteiger partial charge in [-0.25, -0.2) is 0 Å². The quantitative estimate of drug-likeness (QED) is 0.461. The van der Waals surface area contributed by atoms with Gasteiger partial charge in [-0.05, 0) is 22.6 Å². The van der Waals surface area contributed by atoms with Crippen molar-refractivity contribution in [3.05, 3.63) is 35.9 Å². The largest absolute Gasteiger partial charge is 0.263 e. The van der Waals surface area contributed by atoms with E-state index in [9.17, 15) is 0 Å². The van der Waals surface area contributed by atoms with Gasteiger partial charge in [-0.3, -0.25) is 4.99 Å². The van der Waals surface area contributed by atoms with Gasteiger partial charge in [-0.15, -0.1) is 0 Å². The van der Waals surface area contributed by atoms with Crippen LogP contribution in [0.5, 0.6) is 0 Å². The third-order valence-corrected chi connectivity index (χ3v) is 2.26. The summed E-state index contributed by atoms with van der Waals surface area (Å²) in [5, 5.41) is 8.30. The Balaban J connectivity index is 2.79. The smallest absolute Gasteiger partial charge is 0.127 e. The van der Waals surface area contributed by atoms with Gasteiger partial charge >= 0.3 is 0 Å². The average molecular weight is 270 g/mol. The Kier molecular flexibility index (Phi) is 3.74. The first-order valence-corrected chi connectivity index (χ1v) is 4.55. The maximum absolute atomic E-state index is 8.30. The summed E-state index contributed by atoms with van der Waals surface area (Å²) in [7, 11) is 0. The minimum absolute atomic E-state index is 0.229. The van der Waals surface area contributed by atoms with E-state index in [-0.39, 0.29) is 6.54 Å². The molecule has 0 aliphatic heterocycles. The molecular weight excluding hydrogens is 263 g/mol. The molecule has 0 atom stereocenters. The van der Waals surface area contributed by atoms with E-state index < -0.39 is 0 Å². The topological polar surface area (TPSA) is 36.1 Å². The predicted octanol–water partition coefficient (Wildman–Crippen LogP) is 2.39. The van der Waals surface area contributed by atoms with E-state index >= 15 is 0 Å². The number of halogens is 1. The molecule has 0 unspecified atom stereocenters. The van der Waals surface area contributed by atoms with Gasteiger partial charge in [-0.2, -0.15) is 5.26 Å². The highest BCUT2D eigenvalue weighted by Gasteiger charge is 1.94. The van der Waals surface area contributed by atoms with Gasteiger partial charge in [0.25, 0.3) is 0 Å². The lowest BCUT2D eigenvalue weighted by Crippen LogP contribution is -1.90. The summed E-state index contributed by atoms with van der Waals surface area (Å²) in [5.74, 6) is 0. The summed E-state index contributed by atoms with van der Waals surface area (Å²) < 4.78 is 0.884. The van der Waals surface area contributed by atoms with Crippen molar-refractivity contribution in [3.8, 4) is 6.07 Å². The summed E-state index contributed by atoms with van der Waals surface area (Å²) in [4.78, 5) is 4.06. The van der Waals surface area contributed by atoms with E-state index in [2.05, 4.69) is 27.6 Å². The van der Waals surface area contributed by atoms with Crippen molar-refractivity contribution in [2.75, 3.05) is 6.54 Å². The summed E-state index contributed by atoms with van der Waals surface area (Å²) in [6.45, 7) is 0.229. The number of benzene rings is 1. The minimum Gasteiger partial charge on any atom is -0.263 e. The van der Waals surface area contributed by atoms with Crippen LogP contribution in [-0.2, 0) is 0 Å². The van der Waals surface area contributed by atoms with Crippen LogP contribution in [0.1, 0.15) is 5.56 Å². The fraction of sp³-hybridized carbons (Fsp3) is 0.111. The Hall–Kier alpha value is -0.890. The zero-order valence-corrected chi connectivity index (χ0v) is 8.52. The van der Waals surface area contributed by atoms with Crippen LogP contribution in [0.25, 0.3) is 0 Å². The molecule has 60 valence electrons. The zero-order valence-electron chi connectivity index (χ0n) is 6.37. The molecule has 0 aromatic heterocycles. The first kappa shape index (κ1) is 9.20. The van der Waals surface area contributed by atoms with Gasteiger partial charge < -0.3 is 0 Å². The van der Waals surface area contributed by atoms with Crippen molar-refractivity contribution in [2.45, 2.75) is 0 Å². The SMILES string of the molecule is N#CCN=C(I)c1ccccc1. The van der Waals surface area contributed by atoms with Gasteiger partial charge in [0.05, 0.1) is 6.07 Å². The molecule has 2 nitrogen and oxygen atoms in total. The van der Waals surface area contributed by atoms with Gasteiger partial charge in [0.2, 0.25) is 0 Å². The molecule has 0 amide bonds. The monoisotopic (exact) mass is 270 g/mol. The normalized spacial score (nSPS) is 10.8. The predicted molar refractivity (Wildman–Crippen MR) is 57.5 cm³/mol. The van der Waals surface area contributed by atoms with E-state index in [1.165, 1.54) is 0 Å². The van der Waals surface area contributed by atoms with Gasteiger partial charge in [0.15, 0.2) is 0 Å². The molecule has 3 heteroatoms. The fourth-order valence-corrected chi connectivity index (χ4v) is 1.30. The first-order chi connectivity index (χ1) is 5.84. The second kappa shape index (κ2) is 4.88. The first-order valence-electron chi connectivity index (χ1n) is 3.47. The van der Waals surface area contributed by atoms with Crippen molar-refractivity contribution in [1.82, 2.24) is 0 Å². The van der Waals surface area contributed by atoms with Crippen LogP contribution < -0.4 is 0 Å². The Labute approximate surface area is 85.1 Å². The molecule has 0 radical (unpaired) electrons. The minimum atomic E-state index is 0.229. The van der Waals surface area contributed by atoms with E-state index in [0.717, 1.165) is 9.28 Å². The summed E-state index contributed by atoms with van der Waals surface area (Å²) >= 11 is 2.13. The number of nitrogens with zero attached hydrogens (tertiary/aromatic N) is 2. The Morgan fingerprint density at radius 2 is 2.08 bits per heavy atom. The molecule has 1 rings (SSSR count). The molecule has 0 spiro atoms. The molecule has 0 N–H and O–H groups in total. The van der Waals surface area contributed by atoms with Crippen LogP contribution >= 0.6 is 22.6 Å². The third-order valence-electron chi connectivity index (χ3n) is 1.30. The Morgan fingerprint density at radius 1 is 1.42 bits per heavy atom. The van der Waals surface area contributed by atoms with Crippen LogP contribution in [-0.4, -0.2) is 10.3 Å². The summed E-state index contributed by atoms with van der Waals surface area (Å²) in [6, 6.07) is 11.8. The number of nitriles is 1. The molecule has 0 saturated carbocycles. The van der Waals surface area contributed by atoms with Crippen LogP contribution in [0.2, 0.25) is 0 Å². The van der Waals surface area contributed by atoms with Crippen molar-refractivity contribution in [3.63, 3.8) is 0 Å². The second-order valence-corrected chi connectivity index (χ2v) is 3.15. The number of rotatable bonds is 2. The van der Waals surface area contributed by atoms with E-state index in [4.69, 9.17) is 5.26 Å². The van der Waals surface area contributed by atoms with Crippen LogP contribution in [0.3, 0.4) is 0 Å². The summed E-state index contributed by atoms with van der Waals surface area (Å²) in [6.07, 6.45) is 0. The molecule has 1 aromatic rings. The van der Waals surface area contributed by atoms with E-state index in [1.807, 2.05) is 36.4 Å². The highest BCUT2D eigenvalue weighted by molar-refractivity contribution is 14.1. The number of hydrogen-bond acceptors (Lipinski definition) is 2. The molecule has 0 saturated heterocycles. The Bertz CT molecular complexity index is 311. The maximum atomic E-state index is 8.30. The van der Waals surface area contributed by atoms with Crippen molar-refractivity contribution >= 4 is 26.3 Å². The van der Waals surface area contributed by atoms with Gasteiger partial charge in [0, 0.05) is 5.56 Å². The molecule has 1 aromatic carbocycles.